The number of aliphatic hydroxyl groups excluding tert-OH is 1. The Bertz CT molecular complexity index is 616. The van der Waals surface area contributed by atoms with E-state index in [-0.39, 0.29) is 43.8 Å². The second kappa shape index (κ2) is 11.3. The van der Waals surface area contributed by atoms with Gasteiger partial charge < -0.3 is 5.11 Å². The average molecular weight is 425 g/mol. The molecule has 0 aromatic carbocycles. The molecule has 1 N–H and O–H groups in total. The third kappa shape index (κ3) is 6.24. The summed E-state index contributed by atoms with van der Waals surface area (Å²) in [5.74, 6) is 3.37. The predicted octanol–water partition coefficient (Wildman–Crippen LogP) is 7.24. The molecule has 0 saturated heterocycles. The van der Waals surface area contributed by atoms with E-state index >= 15 is 0 Å². The minimum Gasteiger partial charge on any atom is -0.393 e. The van der Waals surface area contributed by atoms with Crippen LogP contribution in [0.5, 0.6) is 0 Å². The minimum atomic E-state index is -0.172. The van der Waals surface area contributed by atoms with Gasteiger partial charge in [-0.3, -0.25) is 0 Å². The standard InChI is InChI=1S/C27H44O.Ca/c1-19(2)8-6-9-21(4)25-15-16-26-22(10-7-17-27(25,26)5)12-13-23-18-24(28)14-11-20(23)3;/h12-13,19,21,24-26,28H,3,6-11,14-18H2,1-2,4-5H3;/b22-12+,23-13+;/t21-,24+,25-,26+,27-;/m1./s1. The summed E-state index contributed by atoms with van der Waals surface area (Å²) >= 11 is 0. The van der Waals surface area contributed by atoms with E-state index in [9.17, 15) is 5.11 Å². The molecule has 0 aromatic rings. The molecule has 0 amide bonds. The van der Waals surface area contributed by atoms with E-state index in [1.165, 1.54) is 62.5 Å². The van der Waals surface area contributed by atoms with Gasteiger partial charge in [0.05, 0.1) is 6.10 Å². The topological polar surface area (TPSA) is 20.2 Å². The Labute approximate surface area is 210 Å². The number of aliphatic hydroxyl groups is 1. The first kappa shape index (κ1) is 25.7. The van der Waals surface area contributed by atoms with Crippen LogP contribution in [0.3, 0.4) is 0 Å². The first-order valence-corrected chi connectivity index (χ1v) is 12.1. The van der Waals surface area contributed by atoms with Gasteiger partial charge in [0.25, 0.3) is 0 Å². The Hall–Kier alpha value is 0.440. The summed E-state index contributed by atoms with van der Waals surface area (Å²) in [6, 6.07) is 0. The first-order chi connectivity index (χ1) is 13.3. The zero-order valence-electron chi connectivity index (χ0n) is 19.7. The Kier molecular flexibility index (Phi) is 10.1. The summed E-state index contributed by atoms with van der Waals surface area (Å²) in [5.41, 5.74) is 4.72. The van der Waals surface area contributed by atoms with Gasteiger partial charge in [-0.1, -0.05) is 76.8 Å². The van der Waals surface area contributed by atoms with E-state index < -0.39 is 0 Å². The summed E-state index contributed by atoms with van der Waals surface area (Å²) in [6.07, 6.45) is 18.2. The molecule has 3 saturated carbocycles. The van der Waals surface area contributed by atoms with Gasteiger partial charge in [0.1, 0.15) is 0 Å². The third-order valence-corrected chi connectivity index (χ3v) is 8.35. The maximum Gasteiger partial charge on any atom is 0.0583 e. The SMILES string of the molecule is C=C1CC[C@H](O)C/C1=C\C=C1/CCC[C@]2(C)[C@@H]([C@H](C)CCCC(C)C)CC[C@@H]12.[Ca]. The maximum absolute atomic E-state index is 10.0. The Morgan fingerprint density at radius 1 is 1.10 bits per heavy atom. The Morgan fingerprint density at radius 3 is 2.59 bits per heavy atom. The summed E-state index contributed by atoms with van der Waals surface area (Å²) in [6.45, 7) is 14.1. The van der Waals surface area contributed by atoms with Crippen LogP contribution in [0.15, 0.2) is 35.5 Å². The molecule has 0 unspecified atom stereocenters. The van der Waals surface area contributed by atoms with Crippen molar-refractivity contribution in [2.45, 2.75) is 104 Å². The molecule has 0 aromatic heterocycles. The Balaban J connectivity index is 0.00000300. The van der Waals surface area contributed by atoms with E-state index in [2.05, 4.69) is 46.4 Å². The molecule has 0 aliphatic heterocycles. The molecule has 3 aliphatic carbocycles. The van der Waals surface area contributed by atoms with Crippen molar-refractivity contribution in [2.24, 2.45) is 29.1 Å². The largest absolute Gasteiger partial charge is 0.393 e. The van der Waals surface area contributed by atoms with Crippen LogP contribution >= 0.6 is 0 Å². The van der Waals surface area contributed by atoms with Crippen LogP contribution in [-0.4, -0.2) is 48.9 Å². The van der Waals surface area contributed by atoms with Gasteiger partial charge in [-0.15, -0.1) is 0 Å². The van der Waals surface area contributed by atoms with Crippen molar-refractivity contribution in [2.75, 3.05) is 0 Å². The Morgan fingerprint density at radius 2 is 1.86 bits per heavy atom. The summed E-state index contributed by atoms with van der Waals surface area (Å²) in [4.78, 5) is 0. The van der Waals surface area contributed by atoms with Crippen molar-refractivity contribution in [1.29, 1.82) is 0 Å². The van der Waals surface area contributed by atoms with Gasteiger partial charge in [0.2, 0.25) is 0 Å². The molecule has 0 bridgehead atoms. The van der Waals surface area contributed by atoms with Crippen LogP contribution in [-0.2, 0) is 0 Å². The molecule has 1 nitrogen and oxygen atoms in total. The van der Waals surface area contributed by atoms with Crippen molar-refractivity contribution >= 4 is 37.7 Å². The maximum atomic E-state index is 10.0. The molecule has 0 heterocycles. The number of rotatable bonds is 6. The first-order valence-electron chi connectivity index (χ1n) is 12.1. The smallest absolute Gasteiger partial charge is 0.0583 e. The van der Waals surface area contributed by atoms with Crippen molar-refractivity contribution < 1.29 is 5.11 Å². The monoisotopic (exact) mass is 424 g/mol. The molecule has 2 heteroatoms. The second-order valence-electron chi connectivity index (χ2n) is 10.8. The van der Waals surface area contributed by atoms with Crippen LogP contribution in [0, 0.1) is 29.1 Å². The van der Waals surface area contributed by atoms with Gasteiger partial charge in [-0.2, -0.15) is 0 Å². The van der Waals surface area contributed by atoms with Crippen molar-refractivity contribution in [3.8, 4) is 0 Å². The van der Waals surface area contributed by atoms with Crippen LogP contribution in [0.25, 0.3) is 0 Å². The van der Waals surface area contributed by atoms with Crippen molar-refractivity contribution in [3.63, 3.8) is 0 Å². The van der Waals surface area contributed by atoms with E-state index in [0.717, 1.165) is 42.9 Å². The predicted molar refractivity (Wildman–Crippen MR) is 127 cm³/mol. The molecule has 5 atom stereocenters. The van der Waals surface area contributed by atoms with Gasteiger partial charge in [-0.25, -0.2) is 0 Å². The van der Waals surface area contributed by atoms with Crippen LogP contribution < -0.4 is 0 Å². The van der Waals surface area contributed by atoms with Gasteiger partial charge >= 0.3 is 0 Å². The van der Waals surface area contributed by atoms with Crippen molar-refractivity contribution in [3.05, 3.63) is 35.5 Å². The molecular weight excluding hydrogens is 380 g/mol. The fourth-order valence-corrected chi connectivity index (χ4v) is 6.66. The van der Waals surface area contributed by atoms with E-state index in [1.54, 1.807) is 5.57 Å². The van der Waals surface area contributed by atoms with E-state index in [0.29, 0.717) is 5.41 Å². The zero-order chi connectivity index (χ0) is 20.3. The molecule has 3 fully saturated rings. The normalized spacial score (nSPS) is 36.3. The molecule has 3 aliphatic rings. The van der Waals surface area contributed by atoms with Crippen LogP contribution in [0.1, 0.15) is 98.3 Å². The molecule has 29 heavy (non-hydrogen) atoms. The quantitative estimate of drug-likeness (QED) is 0.446. The minimum absolute atomic E-state index is 0. The molecule has 0 spiro atoms. The fraction of sp³-hybridized carbons (Fsp3) is 0.778. The van der Waals surface area contributed by atoms with Crippen LogP contribution in [0.2, 0.25) is 0 Å². The average Bonchev–Trinajstić information content (AvgIpc) is 2.99. The molecular formula is C27H44CaO. The molecule has 2 radical (unpaired) electrons. The summed E-state index contributed by atoms with van der Waals surface area (Å²) in [5, 5.41) is 10.0. The zero-order valence-corrected chi connectivity index (χ0v) is 21.9. The van der Waals surface area contributed by atoms with Gasteiger partial charge in [-0.05, 0) is 86.0 Å². The number of allylic oxidation sites excluding steroid dienone is 4. The molecule has 3 rings (SSSR count). The number of fused-ring (bicyclic) bond motifs is 1. The van der Waals surface area contributed by atoms with Gasteiger partial charge in [0.15, 0.2) is 0 Å². The summed E-state index contributed by atoms with van der Waals surface area (Å²) < 4.78 is 0. The van der Waals surface area contributed by atoms with Crippen LogP contribution in [0.4, 0.5) is 0 Å². The number of hydrogen-bond donors (Lipinski definition) is 1. The fourth-order valence-electron chi connectivity index (χ4n) is 6.66. The van der Waals surface area contributed by atoms with E-state index in [4.69, 9.17) is 0 Å². The third-order valence-electron chi connectivity index (χ3n) is 8.35. The van der Waals surface area contributed by atoms with Crippen molar-refractivity contribution in [1.82, 2.24) is 0 Å². The summed E-state index contributed by atoms with van der Waals surface area (Å²) in [7, 11) is 0. The molecule has 160 valence electrons. The van der Waals surface area contributed by atoms with E-state index in [1.807, 2.05) is 0 Å². The second-order valence-corrected chi connectivity index (χ2v) is 10.8. The van der Waals surface area contributed by atoms with Gasteiger partial charge in [0, 0.05) is 37.7 Å². The number of hydrogen-bond acceptors (Lipinski definition) is 1.